The molecular formula is C12H14OS. The predicted molar refractivity (Wildman–Crippen MR) is 61.9 cm³/mol. The fourth-order valence-electron chi connectivity index (χ4n) is 1.86. The summed E-state index contributed by atoms with van der Waals surface area (Å²) in [6, 6.07) is 4.17. The first-order valence-corrected chi connectivity index (χ1v) is 5.75. The third-order valence-electron chi connectivity index (χ3n) is 2.62. The van der Waals surface area contributed by atoms with E-state index in [9.17, 15) is 5.11 Å². The second-order valence-electron chi connectivity index (χ2n) is 3.52. The van der Waals surface area contributed by atoms with Crippen LogP contribution in [-0.2, 0) is 13.0 Å². The van der Waals surface area contributed by atoms with Gasteiger partial charge in [0.2, 0.25) is 0 Å². The third kappa shape index (κ3) is 1.35. The monoisotopic (exact) mass is 206 g/mol. The van der Waals surface area contributed by atoms with Gasteiger partial charge >= 0.3 is 0 Å². The topological polar surface area (TPSA) is 20.2 Å². The lowest BCUT2D eigenvalue weighted by atomic mass is 10.0. The molecule has 74 valence electrons. The number of benzene rings is 1. The number of hydrogen-bond donors (Lipinski definition) is 1. The minimum absolute atomic E-state index is 0.139. The Morgan fingerprint density at radius 1 is 1.29 bits per heavy atom. The molecule has 1 aromatic carbocycles. The number of aliphatic hydroxyl groups excluding tert-OH is 1. The molecule has 0 aliphatic heterocycles. The van der Waals surface area contributed by atoms with Crippen LogP contribution in [0.3, 0.4) is 0 Å². The van der Waals surface area contributed by atoms with Crippen molar-refractivity contribution < 1.29 is 5.11 Å². The summed E-state index contributed by atoms with van der Waals surface area (Å²) in [6.07, 6.45) is 1.06. The number of thiophene rings is 1. The molecule has 2 rings (SSSR count). The van der Waals surface area contributed by atoms with Gasteiger partial charge in [-0.15, -0.1) is 11.3 Å². The average molecular weight is 206 g/mol. The molecule has 0 fully saturated rings. The molecule has 0 saturated carbocycles. The van der Waals surface area contributed by atoms with Crippen LogP contribution >= 0.6 is 11.3 Å². The molecule has 0 radical (unpaired) electrons. The molecule has 2 aromatic rings. The minimum Gasteiger partial charge on any atom is -0.392 e. The molecule has 1 N–H and O–H groups in total. The van der Waals surface area contributed by atoms with Gasteiger partial charge in [0.25, 0.3) is 0 Å². The Hall–Kier alpha value is -0.860. The summed E-state index contributed by atoms with van der Waals surface area (Å²) in [6.45, 7) is 4.45. The molecule has 2 heteroatoms. The molecule has 0 saturated heterocycles. The van der Waals surface area contributed by atoms with Crippen LogP contribution in [0.5, 0.6) is 0 Å². The van der Waals surface area contributed by atoms with Crippen molar-refractivity contribution in [3.8, 4) is 0 Å². The Kier molecular flexibility index (Phi) is 2.57. The van der Waals surface area contributed by atoms with Crippen LogP contribution in [0.1, 0.15) is 23.6 Å². The van der Waals surface area contributed by atoms with E-state index >= 15 is 0 Å². The van der Waals surface area contributed by atoms with Crippen LogP contribution in [0.15, 0.2) is 17.5 Å². The van der Waals surface area contributed by atoms with E-state index in [-0.39, 0.29) is 6.61 Å². The molecule has 1 nitrogen and oxygen atoms in total. The van der Waals surface area contributed by atoms with Crippen molar-refractivity contribution in [2.75, 3.05) is 0 Å². The summed E-state index contributed by atoms with van der Waals surface area (Å²) >= 11 is 1.73. The van der Waals surface area contributed by atoms with E-state index in [1.54, 1.807) is 11.3 Å². The van der Waals surface area contributed by atoms with Crippen LogP contribution in [0, 0.1) is 6.92 Å². The summed E-state index contributed by atoms with van der Waals surface area (Å²) in [4.78, 5) is 0. The van der Waals surface area contributed by atoms with E-state index in [0.29, 0.717) is 0 Å². The van der Waals surface area contributed by atoms with E-state index in [1.165, 1.54) is 21.2 Å². The number of aliphatic hydroxyl groups is 1. The highest BCUT2D eigenvalue weighted by atomic mass is 32.1. The first-order valence-electron chi connectivity index (χ1n) is 4.87. The largest absolute Gasteiger partial charge is 0.392 e. The molecular weight excluding hydrogens is 192 g/mol. The molecule has 0 aliphatic rings. The van der Waals surface area contributed by atoms with Crippen molar-refractivity contribution >= 4 is 21.4 Å². The van der Waals surface area contributed by atoms with Crippen LogP contribution < -0.4 is 0 Å². The molecule has 0 amide bonds. The predicted octanol–water partition coefficient (Wildman–Crippen LogP) is 3.26. The van der Waals surface area contributed by atoms with Crippen molar-refractivity contribution in [3.05, 3.63) is 34.2 Å². The molecule has 14 heavy (non-hydrogen) atoms. The van der Waals surface area contributed by atoms with Crippen molar-refractivity contribution in [2.24, 2.45) is 0 Å². The molecule has 0 spiro atoms. The van der Waals surface area contributed by atoms with E-state index in [0.717, 1.165) is 12.0 Å². The third-order valence-corrected chi connectivity index (χ3v) is 3.80. The smallest absolute Gasteiger partial charge is 0.0695 e. The molecule has 0 aliphatic carbocycles. The summed E-state index contributed by atoms with van der Waals surface area (Å²) < 4.78 is 1.25. The molecule has 0 unspecified atom stereocenters. The number of aryl methyl sites for hydroxylation is 2. The summed E-state index contributed by atoms with van der Waals surface area (Å²) in [5, 5.41) is 12.7. The standard InChI is InChI=1S/C12H14OS/c1-3-9-4-5-10(6-13)12-11(9)8(2)7-14-12/h4-5,7,13H,3,6H2,1-2H3. The summed E-state index contributed by atoms with van der Waals surface area (Å²) in [7, 11) is 0. The fraction of sp³-hybridized carbons (Fsp3) is 0.333. The van der Waals surface area contributed by atoms with Gasteiger partial charge in [0, 0.05) is 4.70 Å². The number of rotatable bonds is 2. The zero-order chi connectivity index (χ0) is 10.1. The first kappa shape index (κ1) is 9.69. The van der Waals surface area contributed by atoms with Crippen LogP contribution in [-0.4, -0.2) is 5.11 Å². The van der Waals surface area contributed by atoms with Crippen LogP contribution in [0.25, 0.3) is 10.1 Å². The molecule has 1 heterocycles. The minimum atomic E-state index is 0.139. The van der Waals surface area contributed by atoms with Gasteiger partial charge in [-0.05, 0) is 40.8 Å². The van der Waals surface area contributed by atoms with E-state index in [4.69, 9.17) is 0 Å². The Labute approximate surface area is 88.0 Å². The van der Waals surface area contributed by atoms with Gasteiger partial charge in [0.15, 0.2) is 0 Å². The van der Waals surface area contributed by atoms with E-state index in [1.807, 2.05) is 6.07 Å². The maximum atomic E-state index is 9.22. The Morgan fingerprint density at radius 2 is 2.00 bits per heavy atom. The lowest BCUT2D eigenvalue weighted by Crippen LogP contribution is -1.88. The molecule has 0 atom stereocenters. The lowest BCUT2D eigenvalue weighted by Gasteiger charge is -2.04. The normalized spacial score (nSPS) is 11.1. The van der Waals surface area contributed by atoms with Crippen LogP contribution in [0.2, 0.25) is 0 Å². The second kappa shape index (κ2) is 3.71. The maximum Gasteiger partial charge on any atom is 0.0695 e. The van der Waals surface area contributed by atoms with Gasteiger partial charge in [0.1, 0.15) is 0 Å². The van der Waals surface area contributed by atoms with Gasteiger partial charge in [-0.2, -0.15) is 0 Å². The summed E-state index contributed by atoms with van der Waals surface area (Å²) in [5.41, 5.74) is 3.77. The lowest BCUT2D eigenvalue weighted by molar-refractivity contribution is 0.283. The Morgan fingerprint density at radius 3 is 2.64 bits per heavy atom. The number of hydrogen-bond acceptors (Lipinski definition) is 2. The maximum absolute atomic E-state index is 9.22. The van der Waals surface area contributed by atoms with Crippen molar-refractivity contribution in [2.45, 2.75) is 26.9 Å². The first-order chi connectivity index (χ1) is 6.77. The van der Waals surface area contributed by atoms with Gasteiger partial charge in [-0.3, -0.25) is 0 Å². The van der Waals surface area contributed by atoms with Crippen molar-refractivity contribution in [1.29, 1.82) is 0 Å². The Bertz CT molecular complexity index is 457. The fourth-order valence-corrected chi connectivity index (χ4v) is 2.97. The summed E-state index contributed by atoms with van der Waals surface area (Å²) in [5.74, 6) is 0. The zero-order valence-electron chi connectivity index (χ0n) is 8.50. The quantitative estimate of drug-likeness (QED) is 0.799. The van der Waals surface area contributed by atoms with Crippen molar-refractivity contribution in [1.82, 2.24) is 0 Å². The SMILES string of the molecule is CCc1ccc(CO)c2scc(C)c12. The van der Waals surface area contributed by atoms with E-state index in [2.05, 4.69) is 25.3 Å². The van der Waals surface area contributed by atoms with Gasteiger partial charge in [-0.1, -0.05) is 19.1 Å². The zero-order valence-corrected chi connectivity index (χ0v) is 9.32. The highest BCUT2D eigenvalue weighted by Crippen LogP contribution is 2.31. The van der Waals surface area contributed by atoms with Gasteiger partial charge < -0.3 is 5.11 Å². The number of fused-ring (bicyclic) bond motifs is 1. The van der Waals surface area contributed by atoms with E-state index < -0.39 is 0 Å². The molecule has 0 bridgehead atoms. The molecule has 1 aromatic heterocycles. The highest BCUT2D eigenvalue weighted by molar-refractivity contribution is 7.17. The van der Waals surface area contributed by atoms with Gasteiger partial charge in [-0.25, -0.2) is 0 Å². The average Bonchev–Trinajstić information content (AvgIpc) is 2.60. The van der Waals surface area contributed by atoms with Crippen molar-refractivity contribution in [3.63, 3.8) is 0 Å². The Balaban J connectivity index is 2.81. The van der Waals surface area contributed by atoms with Crippen LogP contribution in [0.4, 0.5) is 0 Å². The van der Waals surface area contributed by atoms with Gasteiger partial charge in [0.05, 0.1) is 6.61 Å². The highest BCUT2D eigenvalue weighted by Gasteiger charge is 2.08. The second-order valence-corrected chi connectivity index (χ2v) is 4.40.